The van der Waals surface area contributed by atoms with Gasteiger partial charge in [0.2, 0.25) is 17.7 Å². The highest BCUT2D eigenvalue weighted by molar-refractivity contribution is 5.96. The molecule has 0 saturated carbocycles. The standard InChI is InChI=1S/C37H46F2N4O4/c1-4-25(2)37(42-26(3)44)17-18-43(36(37)47)33(16-15-27-11-7-5-8-12-27)35(46)41-32(21-28-13-9-6-10-14-28)34(45)24-40-23-29-19-30(38)22-31(39)20-29/h5-14,19-20,22,25,32-34,40,45H,4,15-18,21,23-24H2,1-3H3,(H,41,46)(H,42,44)/t25-,32+,33?,34-,37?/m1/s1. The first kappa shape index (κ1) is 35.7. The Balaban J connectivity index is 1.57. The number of aliphatic hydroxyl groups is 1. The number of likely N-dealkylation sites (tertiary alicyclic amines) is 1. The van der Waals surface area contributed by atoms with Gasteiger partial charge in [-0.3, -0.25) is 14.4 Å². The molecule has 4 N–H and O–H groups in total. The molecular formula is C37H46F2N4O4. The van der Waals surface area contributed by atoms with E-state index in [-0.39, 0.29) is 30.8 Å². The second-order valence-corrected chi connectivity index (χ2v) is 12.5. The summed E-state index contributed by atoms with van der Waals surface area (Å²) in [7, 11) is 0. The second-order valence-electron chi connectivity index (χ2n) is 12.5. The summed E-state index contributed by atoms with van der Waals surface area (Å²) in [6.45, 7) is 5.75. The number of carbonyl (C=O) groups is 3. The van der Waals surface area contributed by atoms with E-state index in [0.29, 0.717) is 44.2 Å². The number of nitrogens with zero attached hydrogens (tertiary/aromatic N) is 1. The molecule has 1 heterocycles. The van der Waals surface area contributed by atoms with Crippen molar-refractivity contribution in [2.75, 3.05) is 13.1 Å². The van der Waals surface area contributed by atoms with Crippen molar-refractivity contribution < 1.29 is 28.3 Å². The maximum atomic E-state index is 14.2. The predicted molar refractivity (Wildman–Crippen MR) is 177 cm³/mol. The molecule has 1 aliphatic rings. The number of aryl methyl sites for hydroxylation is 1. The van der Waals surface area contributed by atoms with Crippen molar-refractivity contribution in [1.29, 1.82) is 0 Å². The zero-order valence-electron chi connectivity index (χ0n) is 27.3. The summed E-state index contributed by atoms with van der Waals surface area (Å²) in [4.78, 5) is 42.3. The van der Waals surface area contributed by atoms with Crippen LogP contribution in [0.15, 0.2) is 78.9 Å². The SMILES string of the molecule is CC[C@@H](C)C1(NC(C)=O)CCN(C(CCc2ccccc2)C(=O)N[C@@H](Cc2ccccc2)[C@H](O)CNCc2cc(F)cc(F)c2)C1=O. The quantitative estimate of drug-likeness (QED) is 0.185. The molecule has 10 heteroatoms. The van der Waals surface area contributed by atoms with Gasteiger partial charge in [-0.15, -0.1) is 0 Å². The zero-order chi connectivity index (χ0) is 34.0. The molecule has 5 atom stereocenters. The average molecular weight is 649 g/mol. The molecule has 0 radical (unpaired) electrons. The minimum absolute atomic E-state index is 0.0346. The van der Waals surface area contributed by atoms with E-state index in [9.17, 15) is 28.3 Å². The van der Waals surface area contributed by atoms with Gasteiger partial charge in [0.15, 0.2) is 0 Å². The van der Waals surface area contributed by atoms with Gasteiger partial charge in [0, 0.05) is 32.6 Å². The highest BCUT2D eigenvalue weighted by Gasteiger charge is 2.53. The first-order valence-corrected chi connectivity index (χ1v) is 16.3. The molecule has 4 rings (SSSR count). The Kier molecular flexibility index (Phi) is 12.6. The van der Waals surface area contributed by atoms with Gasteiger partial charge in [-0.2, -0.15) is 0 Å². The van der Waals surface area contributed by atoms with Crippen LogP contribution < -0.4 is 16.0 Å². The van der Waals surface area contributed by atoms with E-state index >= 15 is 0 Å². The molecule has 3 amide bonds. The molecule has 0 spiro atoms. The Bertz CT molecular complexity index is 1470. The summed E-state index contributed by atoms with van der Waals surface area (Å²) < 4.78 is 27.4. The largest absolute Gasteiger partial charge is 0.390 e. The minimum Gasteiger partial charge on any atom is -0.390 e. The molecule has 3 aromatic carbocycles. The summed E-state index contributed by atoms with van der Waals surface area (Å²) >= 11 is 0. The number of halogens is 2. The topological polar surface area (TPSA) is 111 Å². The molecule has 0 bridgehead atoms. The second kappa shape index (κ2) is 16.6. The maximum absolute atomic E-state index is 14.2. The van der Waals surface area contributed by atoms with Crippen molar-refractivity contribution in [1.82, 2.24) is 20.9 Å². The molecular weight excluding hydrogens is 602 g/mol. The van der Waals surface area contributed by atoms with Crippen LogP contribution in [0.2, 0.25) is 0 Å². The van der Waals surface area contributed by atoms with E-state index in [4.69, 9.17) is 0 Å². The Morgan fingerprint density at radius 2 is 1.57 bits per heavy atom. The highest BCUT2D eigenvalue weighted by atomic mass is 19.1. The summed E-state index contributed by atoms with van der Waals surface area (Å²) in [6.07, 6.45) is 1.18. The van der Waals surface area contributed by atoms with Crippen LogP contribution in [0.1, 0.15) is 56.7 Å². The minimum atomic E-state index is -1.10. The van der Waals surface area contributed by atoms with Crippen molar-refractivity contribution in [3.8, 4) is 0 Å². The van der Waals surface area contributed by atoms with Crippen molar-refractivity contribution >= 4 is 17.7 Å². The Morgan fingerprint density at radius 1 is 0.957 bits per heavy atom. The fraction of sp³-hybridized carbons (Fsp3) is 0.432. The maximum Gasteiger partial charge on any atom is 0.249 e. The zero-order valence-corrected chi connectivity index (χ0v) is 27.3. The third-order valence-corrected chi connectivity index (χ3v) is 9.17. The molecule has 1 aliphatic heterocycles. The third kappa shape index (κ3) is 9.45. The lowest BCUT2D eigenvalue weighted by Gasteiger charge is -2.36. The van der Waals surface area contributed by atoms with E-state index < -0.39 is 41.3 Å². The van der Waals surface area contributed by atoms with Gasteiger partial charge in [-0.1, -0.05) is 80.9 Å². The summed E-state index contributed by atoms with van der Waals surface area (Å²) in [5.41, 5.74) is 1.19. The van der Waals surface area contributed by atoms with Crippen LogP contribution in [0.4, 0.5) is 8.78 Å². The summed E-state index contributed by atoms with van der Waals surface area (Å²) in [6, 6.07) is 20.8. The lowest BCUT2D eigenvalue weighted by Crippen LogP contribution is -2.60. The highest BCUT2D eigenvalue weighted by Crippen LogP contribution is 2.34. The van der Waals surface area contributed by atoms with Gasteiger partial charge in [0.25, 0.3) is 0 Å². The molecule has 2 unspecified atom stereocenters. The monoisotopic (exact) mass is 648 g/mol. The number of amides is 3. The van der Waals surface area contributed by atoms with Crippen LogP contribution in [0.5, 0.6) is 0 Å². The van der Waals surface area contributed by atoms with E-state index in [0.717, 1.165) is 17.2 Å². The third-order valence-electron chi connectivity index (χ3n) is 9.17. The normalized spacial score (nSPS) is 18.8. The van der Waals surface area contributed by atoms with E-state index in [1.807, 2.05) is 74.5 Å². The van der Waals surface area contributed by atoms with E-state index in [2.05, 4.69) is 16.0 Å². The average Bonchev–Trinajstić information content (AvgIpc) is 3.36. The van der Waals surface area contributed by atoms with E-state index in [1.54, 1.807) is 4.90 Å². The number of aliphatic hydroxyl groups excluding tert-OH is 1. The lowest BCUT2D eigenvalue weighted by atomic mass is 9.81. The fourth-order valence-corrected chi connectivity index (χ4v) is 6.44. The number of nitrogens with one attached hydrogen (secondary N) is 3. The van der Waals surface area contributed by atoms with Gasteiger partial charge in [0.05, 0.1) is 12.1 Å². The van der Waals surface area contributed by atoms with Crippen LogP contribution in [-0.2, 0) is 33.8 Å². The molecule has 8 nitrogen and oxygen atoms in total. The molecule has 1 saturated heterocycles. The summed E-state index contributed by atoms with van der Waals surface area (Å²) in [5, 5.41) is 20.4. The predicted octanol–water partition coefficient (Wildman–Crippen LogP) is 4.30. The Morgan fingerprint density at radius 3 is 2.17 bits per heavy atom. The number of carbonyl (C=O) groups excluding carboxylic acids is 3. The van der Waals surface area contributed by atoms with Gasteiger partial charge in [0.1, 0.15) is 23.2 Å². The van der Waals surface area contributed by atoms with Gasteiger partial charge < -0.3 is 26.0 Å². The molecule has 47 heavy (non-hydrogen) atoms. The van der Waals surface area contributed by atoms with Crippen LogP contribution in [-0.4, -0.2) is 64.5 Å². The Hall–Kier alpha value is -4.15. The number of hydrogen-bond donors (Lipinski definition) is 4. The molecule has 0 aliphatic carbocycles. The number of benzene rings is 3. The molecule has 1 fully saturated rings. The summed E-state index contributed by atoms with van der Waals surface area (Å²) in [5.74, 6) is -2.50. The van der Waals surface area contributed by atoms with Gasteiger partial charge in [-0.25, -0.2) is 8.78 Å². The van der Waals surface area contributed by atoms with Gasteiger partial charge in [-0.05, 0) is 60.4 Å². The van der Waals surface area contributed by atoms with Crippen LogP contribution in [0, 0.1) is 17.6 Å². The number of rotatable bonds is 16. The van der Waals surface area contributed by atoms with Crippen LogP contribution >= 0.6 is 0 Å². The van der Waals surface area contributed by atoms with Crippen molar-refractivity contribution in [2.45, 2.75) is 83.1 Å². The fourth-order valence-electron chi connectivity index (χ4n) is 6.44. The molecule has 0 aromatic heterocycles. The Labute approximate surface area is 275 Å². The van der Waals surface area contributed by atoms with E-state index in [1.165, 1.54) is 19.1 Å². The lowest BCUT2D eigenvalue weighted by molar-refractivity contribution is -0.144. The molecule has 3 aromatic rings. The van der Waals surface area contributed by atoms with Crippen LogP contribution in [0.3, 0.4) is 0 Å². The van der Waals surface area contributed by atoms with Gasteiger partial charge >= 0.3 is 0 Å². The first-order valence-electron chi connectivity index (χ1n) is 16.3. The van der Waals surface area contributed by atoms with Crippen molar-refractivity contribution in [3.05, 3.63) is 107 Å². The first-order chi connectivity index (χ1) is 22.5. The van der Waals surface area contributed by atoms with Crippen LogP contribution in [0.25, 0.3) is 0 Å². The van der Waals surface area contributed by atoms with Crippen molar-refractivity contribution in [3.63, 3.8) is 0 Å². The number of hydrogen-bond acceptors (Lipinski definition) is 5. The smallest absolute Gasteiger partial charge is 0.249 e. The molecule has 252 valence electrons. The van der Waals surface area contributed by atoms with Crippen molar-refractivity contribution in [2.24, 2.45) is 5.92 Å².